The summed E-state index contributed by atoms with van der Waals surface area (Å²) in [7, 11) is 0. The van der Waals surface area contributed by atoms with Gasteiger partial charge in [0.25, 0.3) is 0 Å². The molecule has 0 saturated carbocycles. The Morgan fingerprint density at radius 2 is 1.69 bits per heavy atom. The van der Waals surface area contributed by atoms with Crippen molar-refractivity contribution < 1.29 is 0 Å². The SMILES string of the molecule is C=C/C=C(C=C)/C1=C(/C)CCC(c2cccc(C)c2)=C=C/C(c2ccccc2)=C\1. The minimum Gasteiger partial charge on any atom is -0.116 e. The maximum Gasteiger partial charge on any atom is 0.00155 e. The third kappa shape index (κ3) is 5.13. The zero-order valence-corrected chi connectivity index (χ0v) is 17.4. The number of aryl methyl sites for hydroxylation is 1. The van der Waals surface area contributed by atoms with Crippen LogP contribution in [0.3, 0.4) is 0 Å². The molecule has 1 aliphatic rings. The number of rotatable bonds is 5. The predicted molar refractivity (Wildman–Crippen MR) is 127 cm³/mol. The molecule has 0 aromatic heterocycles. The van der Waals surface area contributed by atoms with Gasteiger partial charge in [-0.1, -0.05) is 97.1 Å². The molecule has 0 saturated heterocycles. The second-order valence-corrected chi connectivity index (χ2v) is 7.36. The Morgan fingerprint density at radius 3 is 2.38 bits per heavy atom. The monoisotopic (exact) mass is 376 g/mol. The van der Waals surface area contributed by atoms with Crippen molar-refractivity contribution in [2.24, 2.45) is 0 Å². The lowest BCUT2D eigenvalue weighted by molar-refractivity contribution is 0.981. The Morgan fingerprint density at radius 1 is 0.931 bits per heavy atom. The first-order valence-electron chi connectivity index (χ1n) is 10.1. The Hall–Kier alpha value is -3.34. The molecular formula is C29H28. The fourth-order valence-corrected chi connectivity index (χ4v) is 3.59. The highest BCUT2D eigenvalue weighted by Crippen LogP contribution is 2.31. The fraction of sp³-hybridized carbons (Fsp3) is 0.138. The Bertz CT molecular complexity index is 1060. The average Bonchev–Trinajstić information content (AvgIpc) is 2.82. The van der Waals surface area contributed by atoms with Gasteiger partial charge in [-0.2, -0.15) is 0 Å². The van der Waals surface area contributed by atoms with Crippen LogP contribution in [0.2, 0.25) is 0 Å². The van der Waals surface area contributed by atoms with E-state index in [9.17, 15) is 0 Å². The zero-order valence-electron chi connectivity index (χ0n) is 17.4. The van der Waals surface area contributed by atoms with Crippen LogP contribution in [0.4, 0.5) is 0 Å². The van der Waals surface area contributed by atoms with Crippen LogP contribution in [-0.2, 0) is 0 Å². The van der Waals surface area contributed by atoms with E-state index in [1.807, 2.05) is 24.3 Å². The summed E-state index contributed by atoms with van der Waals surface area (Å²) in [5.41, 5.74) is 13.3. The number of benzene rings is 2. The van der Waals surface area contributed by atoms with Crippen molar-refractivity contribution in [2.45, 2.75) is 26.7 Å². The molecule has 0 spiro atoms. The van der Waals surface area contributed by atoms with Crippen LogP contribution in [0.25, 0.3) is 11.1 Å². The summed E-state index contributed by atoms with van der Waals surface area (Å²) >= 11 is 0. The van der Waals surface area contributed by atoms with E-state index >= 15 is 0 Å². The molecule has 0 N–H and O–H groups in total. The summed E-state index contributed by atoms with van der Waals surface area (Å²) in [4.78, 5) is 0. The first-order chi connectivity index (χ1) is 14.1. The lowest BCUT2D eigenvalue weighted by Gasteiger charge is -2.12. The van der Waals surface area contributed by atoms with E-state index in [-0.39, 0.29) is 0 Å². The Labute approximate surface area is 175 Å². The van der Waals surface area contributed by atoms with Gasteiger partial charge in [0.15, 0.2) is 0 Å². The molecule has 29 heavy (non-hydrogen) atoms. The number of hydrogen-bond donors (Lipinski definition) is 0. The van der Waals surface area contributed by atoms with Crippen molar-refractivity contribution in [3.8, 4) is 0 Å². The third-order valence-electron chi connectivity index (χ3n) is 5.21. The Kier molecular flexibility index (Phi) is 6.85. The van der Waals surface area contributed by atoms with E-state index in [1.165, 1.54) is 33.4 Å². The zero-order chi connectivity index (χ0) is 20.6. The highest BCUT2D eigenvalue weighted by Gasteiger charge is 2.11. The van der Waals surface area contributed by atoms with Crippen LogP contribution in [0, 0.1) is 6.92 Å². The lowest BCUT2D eigenvalue weighted by Crippen LogP contribution is -1.93. The van der Waals surface area contributed by atoms with E-state index in [0.717, 1.165) is 24.0 Å². The molecule has 1 aliphatic carbocycles. The summed E-state index contributed by atoms with van der Waals surface area (Å²) in [5.74, 6) is 0. The van der Waals surface area contributed by atoms with Crippen LogP contribution in [-0.4, -0.2) is 0 Å². The first-order valence-corrected chi connectivity index (χ1v) is 10.1. The molecule has 2 aromatic rings. The normalized spacial score (nSPS) is 19.3. The van der Waals surface area contributed by atoms with Crippen LogP contribution in [0.5, 0.6) is 0 Å². The second-order valence-electron chi connectivity index (χ2n) is 7.36. The summed E-state index contributed by atoms with van der Waals surface area (Å²) in [6.07, 6.45) is 12.1. The summed E-state index contributed by atoms with van der Waals surface area (Å²) in [6, 6.07) is 19.2. The first kappa shape index (κ1) is 20.4. The lowest BCUT2D eigenvalue weighted by atomic mass is 9.92. The van der Waals surface area contributed by atoms with Gasteiger partial charge in [0.1, 0.15) is 0 Å². The van der Waals surface area contributed by atoms with E-state index in [0.29, 0.717) is 0 Å². The highest BCUT2D eigenvalue weighted by atomic mass is 14.1. The highest BCUT2D eigenvalue weighted by molar-refractivity contribution is 5.80. The van der Waals surface area contributed by atoms with E-state index in [4.69, 9.17) is 0 Å². The molecule has 0 nitrogen and oxygen atoms in total. The molecule has 0 heterocycles. The quantitative estimate of drug-likeness (QED) is 0.366. The molecule has 0 aliphatic heterocycles. The molecule has 0 bridgehead atoms. The van der Waals surface area contributed by atoms with Gasteiger partial charge in [-0.3, -0.25) is 0 Å². The van der Waals surface area contributed by atoms with Crippen molar-refractivity contribution in [3.63, 3.8) is 0 Å². The van der Waals surface area contributed by atoms with E-state index < -0.39 is 0 Å². The van der Waals surface area contributed by atoms with Gasteiger partial charge < -0.3 is 0 Å². The minimum absolute atomic E-state index is 0.948. The topological polar surface area (TPSA) is 0 Å². The largest absolute Gasteiger partial charge is 0.116 e. The molecule has 0 heteroatoms. The molecule has 0 atom stereocenters. The van der Waals surface area contributed by atoms with Crippen LogP contribution in [0.1, 0.15) is 36.5 Å². The average molecular weight is 377 g/mol. The van der Waals surface area contributed by atoms with E-state index in [2.05, 4.69) is 93.4 Å². The molecule has 3 rings (SSSR count). The molecule has 0 fully saturated rings. The van der Waals surface area contributed by atoms with Gasteiger partial charge >= 0.3 is 0 Å². The van der Waals surface area contributed by atoms with Crippen molar-refractivity contribution >= 4 is 11.1 Å². The smallest absolute Gasteiger partial charge is 0.00155 e. The molecule has 144 valence electrons. The molecule has 2 aromatic carbocycles. The summed E-state index contributed by atoms with van der Waals surface area (Å²) in [6.45, 7) is 12.3. The van der Waals surface area contributed by atoms with Crippen LogP contribution < -0.4 is 0 Å². The van der Waals surface area contributed by atoms with E-state index in [1.54, 1.807) is 0 Å². The maximum absolute atomic E-state index is 4.03. The van der Waals surface area contributed by atoms with Gasteiger partial charge in [-0.05, 0) is 66.7 Å². The van der Waals surface area contributed by atoms with Crippen molar-refractivity contribution in [1.82, 2.24) is 0 Å². The summed E-state index contributed by atoms with van der Waals surface area (Å²) < 4.78 is 0. The summed E-state index contributed by atoms with van der Waals surface area (Å²) in [5, 5.41) is 0. The molecule has 0 unspecified atom stereocenters. The Balaban J connectivity index is 2.20. The van der Waals surface area contributed by atoms with Gasteiger partial charge in [0, 0.05) is 5.57 Å². The van der Waals surface area contributed by atoms with Gasteiger partial charge in [0.05, 0.1) is 0 Å². The fourth-order valence-electron chi connectivity index (χ4n) is 3.59. The van der Waals surface area contributed by atoms with Gasteiger partial charge in [-0.25, -0.2) is 0 Å². The molecule has 0 amide bonds. The number of hydrogen-bond acceptors (Lipinski definition) is 0. The minimum atomic E-state index is 0.948. The van der Waals surface area contributed by atoms with Crippen molar-refractivity contribution in [2.75, 3.05) is 0 Å². The predicted octanol–water partition coefficient (Wildman–Crippen LogP) is 8.03. The molecule has 0 radical (unpaired) electrons. The van der Waals surface area contributed by atoms with Crippen LogP contribution >= 0.6 is 0 Å². The second kappa shape index (κ2) is 9.73. The van der Waals surface area contributed by atoms with Crippen LogP contribution in [0.15, 0.2) is 121 Å². The van der Waals surface area contributed by atoms with Gasteiger partial charge in [0.2, 0.25) is 0 Å². The van der Waals surface area contributed by atoms with Crippen molar-refractivity contribution in [3.05, 3.63) is 137 Å². The molecular weight excluding hydrogens is 348 g/mol. The van der Waals surface area contributed by atoms with Crippen molar-refractivity contribution in [1.29, 1.82) is 0 Å². The number of allylic oxidation sites excluding steroid dienone is 9. The maximum atomic E-state index is 4.03. The standard InChI is InChI=1S/C29H28/c1-5-11-24(6-2)29-21-28(25-13-8-7-9-14-25)19-18-26(17-16-23(29)4)27-15-10-12-22(3)20-27/h5-15,19-21H,1-2,16-17H2,3-4H3/b24-11+,28-21+,29-23-. The van der Waals surface area contributed by atoms with Gasteiger partial charge in [-0.15, -0.1) is 5.73 Å². The third-order valence-corrected chi connectivity index (χ3v) is 5.21.